The second kappa shape index (κ2) is 7.58. The maximum atomic E-state index is 9.56. The normalized spacial score (nSPS) is 15.3. The third kappa shape index (κ3) is 4.61. The molecule has 6 heteroatoms. The number of hydrogen-bond acceptors (Lipinski definition) is 5. The molecule has 0 saturated heterocycles. The minimum atomic E-state index is -0.0730. The second-order valence-electron chi connectivity index (χ2n) is 7.04. The summed E-state index contributed by atoms with van der Waals surface area (Å²) >= 11 is 6.21. The predicted molar refractivity (Wildman–Crippen MR) is 103 cm³/mol. The third-order valence-corrected chi connectivity index (χ3v) is 4.91. The summed E-state index contributed by atoms with van der Waals surface area (Å²) in [5.74, 6) is 2.08. The van der Waals surface area contributed by atoms with E-state index in [1.807, 2.05) is 31.2 Å². The Morgan fingerprint density at radius 2 is 2.00 bits per heavy atom. The predicted octanol–water partition coefficient (Wildman–Crippen LogP) is 4.49. The lowest BCUT2D eigenvalue weighted by Crippen LogP contribution is -2.30. The average molecular weight is 361 g/mol. The molecule has 1 heterocycles. The van der Waals surface area contributed by atoms with Gasteiger partial charge in [0.2, 0.25) is 5.95 Å². The fourth-order valence-corrected chi connectivity index (χ4v) is 2.77. The number of aliphatic hydroxyl groups excluding tert-OH is 1. The summed E-state index contributed by atoms with van der Waals surface area (Å²) < 4.78 is 0. The first-order valence-electron chi connectivity index (χ1n) is 8.76. The summed E-state index contributed by atoms with van der Waals surface area (Å²) in [7, 11) is 0. The van der Waals surface area contributed by atoms with Crippen LogP contribution < -0.4 is 10.6 Å². The van der Waals surface area contributed by atoms with Crippen LogP contribution in [0.5, 0.6) is 0 Å². The summed E-state index contributed by atoms with van der Waals surface area (Å²) in [4.78, 5) is 9.21. The van der Waals surface area contributed by atoms with Crippen LogP contribution in [-0.4, -0.2) is 27.7 Å². The number of nitrogens with one attached hydrogen (secondary N) is 2. The van der Waals surface area contributed by atoms with Crippen molar-refractivity contribution in [2.45, 2.75) is 45.6 Å². The van der Waals surface area contributed by atoms with Gasteiger partial charge in [0, 0.05) is 22.7 Å². The lowest BCUT2D eigenvalue weighted by molar-refractivity contribution is 0.248. The van der Waals surface area contributed by atoms with E-state index in [1.165, 1.54) is 12.8 Å². The summed E-state index contributed by atoms with van der Waals surface area (Å²) in [5.41, 5.74) is 2.97. The first-order chi connectivity index (χ1) is 12.0. The van der Waals surface area contributed by atoms with Crippen molar-refractivity contribution >= 4 is 29.1 Å². The highest BCUT2D eigenvalue weighted by molar-refractivity contribution is 6.31. The SMILES string of the molecule is Cc1ccc(Nc2cc(C3CC3)nc(N[C@H](CO)C(C)C)n2)cc1Cl. The van der Waals surface area contributed by atoms with Crippen molar-refractivity contribution in [1.82, 2.24) is 9.97 Å². The highest BCUT2D eigenvalue weighted by atomic mass is 35.5. The van der Waals surface area contributed by atoms with E-state index >= 15 is 0 Å². The van der Waals surface area contributed by atoms with E-state index in [-0.39, 0.29) is 18.6 Å². The van der Waals surface area contributed by atoms with Gasteiger partial charge in [-0.1, -0.05) is 31.5 Å². The lowest BCUT2D eigenvalue weighted by Gasteiger charge is -2.20. The maximum absolute atomic E-state index is 9.56. The largest absolute Gasteiger partial charge is 0.394 e. The van der Waals surface area contributed by atoms with Crippen molar-refractivity contribution in [3.05, 3.63) is 40.5 Å². The van der Waals surface area contributed by atoms with Gasteiger partial charge in [-0.2, -0.15) is 4.98 Å². The first kappa shape index (κ1) is 18.0. The Morgan fingerprint density at radius 1 is 1.24 bits per heavy atom. The number of halogens is 1. The summed E-state index contributed by atoms with van der Waals surface area (Å²) in [6.07, 6.45) is 2.33. The summed E-state index contributed by atoms with van der Waals surface area (Å²) in [6.45, 7) is 6.15. The van der Waals surface area contributed by atoms with Crippen molar-refractivity contribution in [1.29, 1.82) is 0 Å². The molecule has 5 nitrogen and oxygen atoms in total. The zero-order valence-corrected chi connectivity index (χ0v) is 15.6. The Labute approximate surface area is 153 Å². The van der Waals surface area contributed by atoms with Gasteiger partial charge in [-0.3, -0.25) is 0 Å². The van der Waals surface area contributed by atoms with Gasteiger partial charge in [0.1, 0.15) is 5.82 Å². The van der Waals surface area contributed by atoms with Gasteiger partial charge < -0.3 is 15.7 Å². The number of hydrogen-bond donors (Lipinski definition) is 3. The smallest absolute Gasteiger partial charge is 0.225 e. The third-order valence-electron chi connectivity index (χ3n) is 4.50. The summed E-state index contributed by atoms with van der Waals surface area (Å²) in [6, 6.07) is 7.79. The molecule has 1 fully saturated rings. The van der Waals surface area contributed by atoms with Gasteiger partial charge in [-0.25, -0.2) is 4.98 Å². The lowest BCUT2D eigenvalue weighted by atomic mass is 10.1. The van der Waals surface area contributed by atoms with E-state index in [4.69, 9.17) is 11.6 Å². The van der Waals surface area contributed by atoms with Crippen molar-refractivity contribution in [2.24, 2.45) is 5.92 Å². The molecule has 0 spiro atoms. The second-order valence-corrected chi connectivity index (χ2v) is 7.45. The Morgan fingerprint density at radius 3 is 2.60 bits per heavy atom. The molecule has 0 unspecified atom stereocenters. The van der Waals surface area contributed by atoms with Crippen LogP contribution in [0.4, 0.5) is 17.5 Å². The molecule has 2 aromatic rings. The minimum Gasteiger partial charge on any atom is -0.394 e. The molecule has 1 saturated carbocycles. The van der Waals surface area contributed by atoms with Gasteiger partial charge in [0.25, 0.3) is 0 Å². The molecule has 25 heavy (non-hydrogen) atoms. The van der Waals surface area contributed by atoms with Crippen molar-refractivity contribution in [3.8, 4) is 0 Å². The maximum Gasteiger partial charge on any atom is 0.225 e. The number of aliphatic hydroxyl groups is 1. The van der Waals surface area contributed by atoms with Gasteiger partial charge in [-0.15, -0.1) is 0 Å². The van der Waals surface area contributed by atoms with Crippen molar-refractivity contribution < 1.29 is 5.11 Å². The molecule has 0 radical (unpaired) electrons. The van der Waals surface area contributed by atoms with Gasteiger partial charge in [0.15, 0.2) is 0 Å². The van der Waals surface area contributed by atoms with Crippen molar-refractivity contribution in [3.63, 3.8) is 0 Å². The standard InChI is InChI=1S/C19H25ClN4O/c1-11(2)17(10-25)23-19-22-16(13-5-6-13)9-18(24-19)21-14-7-4-12(3)15(20)8-14/h4,7-9,11,13,17,25H,5-6,10H2,1-3H3,(H2,21,22,23,24)/t17-/m1/s1. The van der Waals surface area contributed by atoms with E-state index in [0.717, 1.165) is 27.8 Å². The van der Waals surface area contributed by atoms with Crippen LogP contribution in [0.25, 0.3) is 0 Å². The Hall–Kier alpha value is -1.85. The van der Waals surface area contributed by atoms with E-state index in [9.17, 15) is 5.11 Å². The van der Waals surface area contributed by atoms with Crippen LogP contribution >= 0.6 is 11.6 Å². The van der Waals surface area contributed by atoms with E-state index in [0.29, 0.717) is 11.9 Å². The molecule has 134 valence electrons. The number of nitrogens with zero attached hydrogens (tertiary/aromatic N) is 2. The zero-order chi connectivity index (χ0) is 18.0. The van der Waals surface area contributed by atoms with Crippen LogP contribution in [0.2, 0.25) is 5.02 Å². The Balaban J connectivity index is 1.86. The first-order valence-corrected chi connectivity index (χ1v) is 9.13. The Kier molecular flexibility index (Phi) is 5.45. The topological polar surface area (TPSA) is 70.1 Å². The van der Waals surface area contributed by atoms with E-state index < -0.39 is 0 Å². The fraction of sp³-hybridized carbons (Fsp3) is 0.474. The molecule has 3 N–H and O–H groups in total. The van der Waals surface area contributed by atoms with Crippen molar-refractivity contribution in [2.75, 3.05) is 17.2 Å². The Bertz CT molecular complexity index is 746. The van der Waals surface area contributed by atoms with Gasteiger partial charge in [-0.05, 0) is 43.4 Å². The number of aromatic nitrogens is 2. The minimum absolute atomic E-state index is 0.0466. The quantitative estimate of drug-likeness (QED) is 0.678. The average Bonchev–Trinajstić information content (AvgIpc) is 3.40. The van der Waals surface area contributed by atoms with E-state index in [2.05, 4.69) is 34.4 Å². The van der Waals surface area contributed by atoms with Crippen LogP contribution in [0.15, 0.2) is 24.3 Å². The van der Waals surface area contributed by atoms with Gasteiger partial charge in [0.05, 0.1) is 18.3 Å². The molecule has 1 atom stereocenters. The molecular formula is C19H25ClN4O. The molecule has 0 amide bonds. The molecule has 1 aromatic carbocycles. The van der Waals surface area contributed by atoms with Crippen LogP contribution in [0, 0.1) is 12.8 Å². The number of aryl methyl sites for hydroxylation is 1. The molecule has 1 aliphatic carbocycles. The fourth-order valence-electron chi connectivity index (χ4n) is 2.59. The summed E-state index contributed by atoms with van der Waals surface area (Å²) in [5, 5.41) is 16.9. The number of anilines is 3. The molecular weight excluding hydrogens is 336 g/mol. The monoisotopic (exact) mass is 360 g/mol. The van der Waals surface area contributed by atoms with E-state index in [1.54, 1.807) is 0 Å². The van der Waals surface area contributed by atoms with Crippen LogP contribution in [0.1, 0.15) is 43.9 Å². The number of benzene rings is 1. The van der Waals surface area contributed by atoms with Crippen LogP contribution in [0.3, 0.4) is 0 Å². The zero-order valence-electron chi connectivity index (χ0n) is 14.9. The molecule has 0 aliphatic heterocycles. The highest BCUT2D eigenvalue weighted by Gasteiger charge is 2.26. The van der Waals surface area contributed by atoms with Gasteiger partial charge >= 0.3 is 0 Å². The highest BCUT2D eigenvalue weighted by Crippen LogP contribution is 2.40. The molecule has 0 bridgehead atoms. The van der Waals surface area contributed by atoms with Crippen LogP contribution in [-0.2, 0) is 0 Å². The molecule has 3 rings (SSSR count). The number of rotatable bonds is 7. The molecule has 1 aromatic heterocycles. The molecule has 1 aliphatic rings.